The summed E-state index contributed by atoms with van der Waals surface area (Å²) in [6, 6.07) is 7.52. The Morgan fingerprint density at radius 1 is 0.810 bits per heavy atom. The summed E-state index contributed by atoms with van der Waals surface area (Å²) in [6.07, 6.45) is -15.7. The van der Waals surface area contributed by atoms with Gasteiger partial charge in [0.2, 0.25) is 11.2 Å². The monoisotopic (exact) mass is 594 g/mol. The van der Waals surface area contributed by atoms with E-state index in [4.69, 9.17) is 23.4 Å². The largest absolute Gasteiger partial charge is 0.508 e. The normalized spacial score (nSPS) is 33.5. The van der Waals surface area contributed by atoms with E-state index in [0.717, 1.165) is 12.1 Å². The zero-order valence-corrected chi connectivity index (χ0v) is 21.9. The Labute approximate surface area is 236 Å². The van der Waals surface area contributed by atoms with Gasteiger partial charge in [0, 0.05) is 17.7 Å². The molecule has 2 fully saturated rings. The summed E-state index contributed by atoms with van der Waals surface area (Å²) in [5.41, 5.74) is -0.789. The second kappa shape index (κ2) is 11.6. The average Bonchev–Trinajstić information content (AvgIpc) is 2.94. The second-order valence-electron chi connectivity index (χ2n) is 10.1. The summed E-state index contributed by atoms with van der Waals surface area (Å²) >= 11 is 0. The Kier molecular flexibility index (Phi) is 8.30. The molecule has 3 heterocycles. The highest BCUT2D eigenvalue weighted by Gasteiger charge is 2.47. The van der Waals surface area contributed by atoms with Gasteiger partial charge >= 0.3 is 0 Å². The molecule has 228 valence electrons. The molecule has 0 bridgehead atoms. The molecular formula is C27H30O15. The van der Waals surface area contributed by atoms with Crippen LogP contribution in [0, 0.1) is 0 Å². The van der Waals surface area contributed by atoms with Gasteiger partial charge in [-0.3, -0.25) is 4.79 Å². The summed E-state index contributed by atoms with van der Waals surface area (Å²) in [5.74, 6) is -1.70. The van der Waals surface area contributed by atoms with E-state index >= 15 is 0 Å². The van der Waals surface area contributed by atoms with Gasteiger partial charge in [0.05, 0.1) is 12.7 Å². The smallest absolute Gasteiger partial charge is 0.239 e. The van der Waals surface area contributed by atoms with Gasteiger partial charge in [-0.1, -0.05) is 0 Å². The number of ether oxygens (including phenoxy) is 4. The van der Waals surface area contributed by atoms with Gasteiger partial charge in [0.1, 0.15) is 64.8 Å². The molecule has 2 aliphatic heterocycles. The Hall–Kier alpha value is -3.51. The van der Waals surface area contributed by atoms with Crippen LogP contribution in [0.5, 0.6) is 23.0 Å². The first-order valence-corrected chi connectivity index (χ1v) is 12.9. The highest BCUT2D eigenvalue weighted by atomic mass is 16.7. The molecule has 15 heteroatoms. The van der Waals surface area contributed by atoms with Crippen molar-refractivity contribution < 1.29 is 69.3 Å². The zero-order chi connectivity index (χ0) is 30.5. The van der Waals surface area contributed by atoms with Crippen molar-refractivity contribution in [3.8, 4) is 34.3 Å². The highest BCUT2D eigenvalue weighted by Crippen LogP contribution is 2.38. The van der Waals surface area contributed by atoms with Crippen LogP contribution in [-0.4, -0.2) is 114 Å². The molecule has 10 atom stereocenters. The van der Waals surface area contributed by atoms with Gasteiger partial charge in [-0.2, -0.15) is 0 Å². The van der Waals surface area contributed by atoms with E-state index in [2.05, 4.69) is 0 Å². The lowest BCUT2D eigenvalue weighted by atomic mass is 9.98. The van der Waals surface area contributed by atoms with Crippen molar-refractivity contribution in [3.05, 3.63) is 46.6 Å². The lowest BCUT2D eigenvalue weighted by Crippen LogP contribution is -2.61. The quantitative estimate of drug-likeness (QED) is 0.159. The van der Waals surface area contributed by atoms with E-state index in [-0.39, 0.29) is 33.8 Å². The minimum atomic E-state index is -1.81. The number of aliphatic hydroxyl groups excluding tert-OH is 6. The molecule has 3 aromatic rings. The third-order valence-corrected chi connectivity index (χ3v) is 7.19. The van der Waals surface area contributed by atoms with Crippen molar-refractivity contribution in [2.24, 2.45) is 0 Å². The van der Waals surface area contributed by atoms with Gasteiger partial charge in [-0.25, -0.2) is 0 Å². The van der Waals surface area contributed by atoms with E-state index in [1.54, 1.807) is 0 Å². The molecule has 0 aliphatic carbocycles. The Balaban J connectivity index is 1.41. The maximum absolute atomic E-state index is 13.6. The van der Waals surface area contributed by atoms with E-state index in [1.807, 2.05) is 0 Å². The van der Waals surface area contributed by atoms with Crippen LogP contribution in [-0.2, 0) is 14.2 Å². The molecule has 2 aromatic carbocycles. The number of aliphatic hydroxyl groups is 6. The van der Waals surface area contributed by atoms with Crippen LogP contribution in [0.2, 0.25) is 0 Å². The third kappa shape index (κ3) is 5.49. The standard InChI is InChI=1S/C27H30O15/c1-9-23(20(34)22(36)27(39-9)38-8-15-17(31)19(33)21(35)26(37)41-15)42-25-18(32)16-13(30)6-12(29)7-14(16)40-24(25)10-2-4-11(28)5-3-10/h2-7,9,15,17,19-23,26-31,33-37H,8H2,1H3. The molecular weight excluding hydrogens is 564 g/mol. The first-order valence-electron chi connectivity index (χ1n) is 12.9. The van der Waals surface area contributed by atoms with Crippen molar-refractivity contribution in [2.45, 2.75) is 68.3 Å². The van der Waals surface area contributed by atoms with Crippen molar-refractivity contribution >= 4 is 11.0 Å². The summed E-state index contributed by atoms with van der Waals surface area (Å²) in [4.78, 5) is 13.6. The second-order valence-corrected chi connectivity index (χ2v) is 10.1. The molecule has 10 unspecified atom stereocenters. The number of rotatable bonds is 6. The molecule has 1 aromatic heterocycles. The summed E-state index contributed by atoms with van der Waals surface area (Å²) in [7, 11) is 0. The van der Waals surface area contributed by atoms with E-state index in [1.165, 1.54) is 31.2 Å². The predicted octanol–water partition coefficient (Wildman–Crippen LogP) is -1.39. The Morgan fingerprint density at radius 2 is 1.50 bits per heavy atom. The predicted molar refractivity (Wildman–Crippen MR) is 139 cm³/mol. The average molecular weight is 595 g/mol. The molecule has 42 heavy (non-hydrogen) atoms. The number of hydrogen-bond donors (Lipinski definition) is 9. The Bertz CT molecular complexity index is 1470. The third-order valence-electron chi connectivity index (χ3n) is 7.19. The summed E-state index contributed by atoms with van der Waals surface area (Å²) in [5, 5.41) is 90.7. The van der Waals surface area contributed by atoms with Crippen molar-refractivity contribution in [1.29, 1.82) is 0 Å². The van der Waals surface area contributed by atoms with Crippen molar-refractivity contribution in [2.75, 3.05) is 6.61 Å². The minimum Gasteiger partial charge on any atom is -0.508 e. The number of hydrogen-bond acceptors (Lipinski definition) is 15. The lowest BCUT2D eigenvalue weighted by Gasteiger charge is -2.42. The van der Waals surface area contributed by atoms with Crippen LogP contribution in [0.4, 0.5) is 0 Å². The zero-order valence-electron chi connectivity index (χ0n) is 21.9. The molecule has 2 aliphatic rings. The molecule has 0 saturated carbocycles. The van der Waals surface area contributed by atoms with Gasteiger partial charge in [-0.15, -0.1) is 0 Å². The maximum atomic E-state index is 13.6. The topological polar surface area (TPSA) is 249 Å². The molecule has 0 radical (unpaired) electrons. The summed E-state index contributed by atoms with van der Waals surface area (Å²) < 4.78 is 27.9. The van der Waals surface area contributed by atoms with Crippen LogP contribution in [0.3, 0.4) is 0 Å². The van der Waals surface area contributed by atoms with Gasteiger partial charge in [0.25, 0.3) is 0 Å². The molecule has 2 saturated heterocycles. The number of benzene rings is 2. The first kappa shape index (κ1) is 30.0. The first-order chi connectivity index (χ1) is 19.9. The molecule has 15 nitrogen and oxygen atoms in total. The van der Waals surface area contributed by atoms with Crippen LogP contribution in [0.25, 0.3) is 22.3 Å². The van der Waals surface area contributed by atoms with Gasteiger partial charge < -0.3 is 69.3 Å². The number of fused-ring (bicyclic) bond motifs is 1. The molecule has 0 amide bonds. The summed E-state index contributed by atoms with van der Waals surface area (Å²) in [6.45, 7) is 0.921. The maximum Gasteiger partial charge on any atom is 0.239 e. The van der Waals surface area contributed by atoms with Gasteiger partial charge in [-0.05, 0) is 31.2 Å². The fourth-order valence-corrected chi connectivity index (χ4v) is 4.88. The van der Waals surface area contributed by atoms with Crippen molar-refractivity contribution in [3.63, 3.8) is 0 Å². The molecule has 5 rings (SSSR count). The Morgan fingerprint density at radius 3 is 2.19 bits per heavy atom. The minimum absolute atomic E-state index is 0.0788. The number of phenols is 3. The molecule has 9 N–H and O–H groups in total. The highest BCUT2D eigenvalue weighted by molar-refractivity contribution is 5.88. The van der Waals surface area contributed by atoms with Crippen molar-refractivity contribution in [1.82, 2.24) is 0 Å². The van der Waals surface area contributed by atoms with Crippen LogP contribution >= 0.6 is 0 Å². The van der Waals surface area contributed by atoms with E-state index < -0.39 is 84.9 Å². The van der Waals surface area contributed by atoms with E-state index in [9.17, 15) is 50.8 Å². The lowest BCUT2D eigenvalue weighted by molar-refractivity contribution is -0.320. The van der Waals surface area contributed by atoms with E-state index in [0.29, 0.717) is 0 Å². The number of aromatic hydroxyl groups is 3. The SMILES string of the molecule is CC1OC(OCC2OC(O)C(O)C(O)C2O)C(O)C(O)C1Oc1c(-c2ccc(O)cc2)oc2cc(O)cc(O)c2c1=O. The van der Waals surface area contributed by atoms with Crippen LogP contribution in [0.15, 0.2) is 45.6 Å². The molecule has 0 spiro atoms. The fourth-order valence-electron chi connectivity index (χ4n) is 4.88. The van der Waals surface area contributed by atoms with Gasteiger partial charge in [0.15, 0.2) is 24.4 Å². The fraction of sp³-hybridized carbons (Fsp3) is 0.444. The van der Waals surface area contributed by atoms with Crippen LogP contribution < -0.4 is 10.2 Å². The number of phenolic OH excluding ortho intramolecular Hbond substituents is 3. The van der Waals surface area contributed by atoms with Crippen LogP contribution in [0.1, 0.15) is 6.92 Å².